The van der Waals surface area contributed by atoms with Crippen molar-refractivity contribution in [2.75, 3.05) is 25.6 Å². The molecule has 0 amide bonds. The Balaban J connectivity index is 1.29. The number of aryl methyl sites for hydroxylation is 2. The molecule has 3 aromatic rings. The van der Waals surface area contributed by atoms with Crippen LogP contribution < -0.4 is 11.1 Å². The standard InChI is InChI=1S/C25H31N7O3/c1-16-10-22(29-17(2)28-16)30-23-12-19-11-18(6-9-32(19)31-23)24(27-3)21(13-26)33-14-20-15-34-25(35-20)7-4-5-8-25/h6,9-13,20H,4-5,7-8,14-15,26H2,1-3H3,(H,28,29,30,31)/b21-13+,27-24?/t20-/m0/s1. The summed E-state index contributed by atoms with van der Waals surface area (Å²) in [6.45, 7) is 4.68. The van der Waals surface area contributed by atoms with E-state index in [1.54, 1.807) is 11.6 Å². The largest absolute Gasteiger partial charge is 0.487 e. The Bertz CT molecular complexity index is 1260. The van der Waals surface area contributed by atoms with Gasteiger partial charge in [0.25, 0.3) is 0 Å². The molecule has 0 radical (unpaired) electrons. The number of aliphatic imine (C=N–C) groups is 1. The highest BCUT2D eigenvalue weighted by atomic mass is 16.8. The van der Waals surface area contributed by atoms with E-state index in [-0.39, 0.29) is 6.10 Å². The van der Waals surface area contributed by atoms with E-state index in [9.17, 15) is 0 Å². The number of anilines is 2. The molecule has 1 spiro atoms. The molecule has 10 heteroatoms. The van der Waals surface area contributed by atoms with E-state index in [1.807, 2.05) is 44.3 Å². The van der Waals surface area contributed by atoms with Crippen LogP contribution in [-0.4, -0.2) is 57.4 Å². The highest BCUT2D eigenvalue weighted by Gasteiger charge is 2.43. The fourth-order valence-electron chi connectivity index (χ4n) is 4.75. The maximum absolute atomic E-state index is 6.17. The molecule has 1 saturated carbocycles. The topological polar surface area (TPSA) is 121 Å². The molecule has 3 aromatic heterocycles. The van der Waals surface area contributed by atoms with E-state index in [0.29, 0.717) is 42.1 Å². The monoisotopic (exact) mass is 477 g/mol. The van der Waals surface area contributed by atoms with Gasteiger partial charge in [0.2, 0.25) is 0 Å². The second kappa shape index (κ2) is 9.63. The highest BCUT2D eigenvalue weighted by molar-refractivity contribution is 6.11. The summed E-state index contributed by atoms with van der Waals surface area (Å²) in [5.74, 6) is 2.17. The molecule has 184 valence electrons. The van der Waals surface area contributed by atoms with Crippen molar-refractivity contribution >= 4 is 22.9 Å². The Morgan fingerprint density at radius 1 is 1.26 bits per heavy atom. The van der Waals surface area contributed by atoms with Gasteiger partial charge < -0.3 is 25.3 Å². The molecule has 0 unspecified atom stereocenters. The lowest BCUT2D eigenvalue weighted by Crippen LogP contribution is -2.28. The van der Waals surface area contributed by atoms with E-state index in [2.05, 4.69) is 25.4 Å². The van der Waals surface area contributed by atoms with E-state index >= 15 is 0 Å². The van der Waals surface area contributed by atoms with Crippen molar-refractivity contribution in [2.45, 2.75) is 51.4 Å². The van der Waals surface area contributed by atoms with Gasteiger partial charge in [0, 0.05) is 55.7 Å². The van der Waals surface area contributed by atoms with Crippen molar-refractivity contribution in [3.63, 3.8) is 0 Å². The number of rotatable bonds is 7. The molecule has 2 fully saturated rings. The zero-order chi connectivity index (χ0) is 24.4. The molecule has 35 heavy (non-hydrogen) atoms. The molecule has 0 aromatic carbocycles. The van der Waals surface area contributed by atoms with Gasteiger partial charge in [0.05, 0.1) is 12.1 Å². The van der Waals surface area contributed by atoms with Gasteiger partial charge in [-0.15, -0.1) is 0 Å². The lowest BCUT2D eigenvalue weighted by Gasteiger charge is -2.22. The van der Waals surface area contributed by atoms with Crippen LogP contribution in [0.4, 0.5) is 11.6 Å². The van der Waals surface area contributed by atoms with Crippen LogP contribution in [0.25, 0.3) is 5.52 Å². The van der Waals surface area contributed by atoms with Crippen LogP contribution in [0.15, 0.2) is 47.4 Å². The van der Waals surface area contributed by atoms with Gasteiger partial charge in [-0.3, -0.25) is 4.99 Å². The van der Waals surface area contributed by atoms with Crippen molar-refractivity contribution in [1.82, 2.24) is 19.6 Å². The summed E-state index contributed by atoms with van der Waals surface area (Å²) in [6.07, 6.45) is 7.37. The van der Waals surface area contributed by atoms with Crippen molar-refractivity contribution in [2.24, 2.45) is 10.7 Å². The summed E-state index contributed by atoms with van der Waals surface area (Å²) in [5, 5.41) is 7.83. The number of pyridine rings is 1. The van der Waals surface area contributed by atoms with Crippen molar-refractivity contribution in [3.05, 3.63) is 59.5 Å². The first kappa shape index (κ1) is 23.3. The predicted molar refractivity (Wildman–Crippen MR) is 133 cm³/mol. The van der Waals surface area contributed by atoms with E-state index < -0.39 is 5.79 Å². The van der Waals surface area contributed by atoms with Crippen LogP contribution in [0.5, 0.6) is 0 Å². The summed E-state index contributed by atoms with van der Waals surface area (Å²) < 4.78 is 20.0. The van der Waals surface area contributed by atoms with E-state index in [4.69, 9.17) is 19.9 Å². The molecule has 3 N–H and O–H groups in total. The second-order valence-corrected chi connectivity index (χ2v) is 8.96. The average molecular weight is 478 g/mol. The minimum Gasteiger partial charge on any atom is -0.487 e. The van der Waals surface area contributed by atoms with Gasteiger partial charge in [0.1, 0.15) is 30.1 Å². The Hall–Kier alpha value is -3.50. The number of hydrogen-bond acceptors (Lipinski definition) is 9. The first-order valence-electron chi connectivity index (χ1n) is 11.9. The molecular weight excluding hydrogens is 446 g/mol. The number of fused-ring (bicyclic) bond motifs is 1. The summed E-state index contributed by atoms with van der Waals surface area (Å²) in [6, 6.07) is 7.75. The number of allylic oxidation sites excluding steroid dienone is 1. The minimum atomic E-state index is -0.412. The lowest BCUT2D eigenvalue weighted by molar-refractivity contribution is -0.165. The Labute approximate surface area is 204 Å². The van der Waals surface area contributed by atoms with Gasteiger partial charge in [-0.25, -0.2) is 14.5 Å². The fraction of sp³-hybridized carbons (Fsp3) is 0.440. The first-order chi connectivity index (χ1) is 17.0. The number of hydrogen-bond donors (Lipinski definition) is 2. The van der Waals surface area contributed by atoms with Crippen LogP contribution >= 0.6 is 0 Å². The Morgan fingerprint density at radius 3 is 2.83 bits per heavy atom. The Morgan fingerprint density at radius 2 is 2.09 bits per heavy atom. The maximum atomic E-state index is 6.17. The smallest absolute Gasteiger partial charge is 0.169 e. The average Bonchev–Trinajstić information content (AvgIpc) is 3.56. The molecule has 0 bridgehead atoms. The van der Waals surface area contributed by atoms with E-state index in [1.165, 1.54) is 6.20 Å². The van der Waals surface area contributed by atoms with Crippen LogP contribution in [0, 0.1) is 13.8 Å². The zero-order valence-corrected chi connectivity index (χ0v) is 20.3. The van der Waals surface area contributed by atoms with Gasteiger partial charge in [-0.1, -0.05) is 0 Å². The SMILES string of the molecule is CN=C(/C(=C\N)OC[C@H]1COC2(CCCC2)O1)c1ccn2nc(Nc3cc(C)nc(C)n3)cc2c1. The van der Waals surface area contributed by atoms with Crippen LogP contribution in [0.1, 0.15) is 42.8 Å². The van der Waals surface area contributed by atoms with Gasteiger partial charge in [0.15, 0.2) is 17.4 Å². The number of nitrogens with one attached hydrogen (secondary N) is 1. The summed E-state index contributed by atoms with van der Waals surface area (Å²) >= 11 is 0. The second-order valence-electron chi connectivity index (χ2n) is 8.96. The number of nitrogens with two attached hydrogens (primary N) is 1. The normalized spacial score (nSPS) is 20.1. The highest BCUT2D eigenvalue weighted by Crippen LogP contribution is 2.39. The quantitative estimate of drug-likeness (QED) is 0.392. The molecular formula is C25H31N7O3. The van der Waals surface area contributed by atoms with Crippen molar-refractivity contribution in [1.29, 1.82) is 0 Å². The zero-order valence-electron chi connectivity index (χ0n) is 20.3. The van der Waals surface area contributed by atoms with Crippen LogP contribution in [-0.2, 0) is 14.2 Å². The van der Waals surface area contributed by atoms with Crippen molar-refractivity contribution < 1.29 is 14.2 Å². The fourth-order valence-corrected chi connectivity index (χ4v) is 4.75. The van der Waals surface area contributed by atoms with Crippen molar-refractivity contribution in [3.8, 4) is 0 Å². The van der Waals surface area contributed by atoms with Crippen LogP contribution in [0.3, 0.4) is 0 Å². The molecule has 2 aliphatic rings. The molecule has 5 rings (SSSR count). The number of aromatic nitrogens is 4. The molecule has 1 saturated heterocycles. The third-order valence-corrected chi connectivity index (χ3v) is 6.27. The lowest BCUT2D eigenvalue weighted by atomic mass is 10.1. The maximum Gasteiger partial charge on any atom is 0.169 e. The summed E-state index contributed by atoms with van der Waals surface area (Å²) in [7, 11) is 1.72. The summed E-state index contributed by atoms with van der Waals surface area (Å²) in [4.78, 5) is 13.2. The minimum absolute atomic E-state index is 0.124. The molecule has 10 nitrogen and oxygen atoms in total. The third-order valence-electron chi connectivity index (χ3n) is 6.27. The van der Waals surface area contributed by atoms with Gasteiger partial charge in [-0.05, 0) is 38.8 Å². The molecule has 1 aliphatic carbocycles. The number of ether oxygens (including phenoxy) is 3. The molecule has 1 aliphatic heterocycles. The molecule has 4 heterocycles. The number of nitrogens with zero attached hydrogens (tertiary/aromatic N) is 5. The first-order valence-corrected chi connectivity index (χ1v) is 11.9. The third kappa shape index (κ3) is 4.98. The molecule has 1 atom stereocenters. The van der Waals surface area contributed by atoms with Gasteiger partial charge >= 0.3 is 0 Å². The predicted octanol–water partition coefficient (Wildman–Crippen LogP) is 3.41. The summed E-state index contributed by atoms with van der Waals surface area (Å²) in [5.41, 5.74) is 9.24. The van der Waals surface area contributed by atoms with Crippen LogP contribution in [0.2, 0.25) is 0 Å². The van der Waals surface area contributed by atoms with Gasteiger partial charge in [-0.2, -0.15) is 5.10 Å². The Kier molecular flexibility index (Phi) is 6.40. The van der Waals surface area contributed by atoms with E-state index in [0.717, 1.165) is 42.5 Å².